The number of nitrogens with zero attached hydrogens (tertiary/aromatic N) is 26. The van der Waals surface area contributed by atoms with E-state index in [0.717, 1.165) is 157 Å². The Hall–Kier alpha value is -20.8. The van der Waals surface area contributed by atoms with Crippen molar-refractivity contribution in [2.45, 2.75) is 0 Å². The normalized spacial score (nSPS) is 12.4. The summed E-state index contributed by atoms with van der Waals surface area (Å²) >= 11 is 0. The van der Waals surface area contributed by atoms with Crippen LogP contribution in [0.1, 0.15) is 80.8 Å². The van der Waals surface area contributed by atoms with Gasteiger partial charge >= 0.3 is 0 Å². The predicted molar refractivity (Wildman–Crippen MR) is 548 cm³/mol. The molecule has 0 saturated heterocycles. The van der Waals surface area contributed by atoms with Gasteiger partial charge < -0.3 is 39.9 Å². The SMILES string of the molecule is C1=Cc2nc1nc1ccc([nH]1)c(-c1ccccn1)c1ccc(nc3nc(c2-c2ccccn2)C=C3)[nH]1.C1=Cc2nc1nc1ccc([nH]1)c(-c1cccnc1)c1ccc(nc3nc(c2-c2cccnc2)C=C3)[nH]1.C1=Cc2nc1nc1ccc([nH]1)c(-c1ccncc1)c1ccc(nc3nc(c2-c2ccncc2)C=C3)[nH]1.C1=Cc2nc3nc(nc4[nH]c(nc5nc(nc([nH]2)=C1)-c1ccncc1-5)C=CC=4)-c1cnccc1-3. The minimum Gasteiger partial charge on any atom is -0.340 e. The largest absolute Gasteiger partial charge is 0.340 e. The molecule has 670 valence electrons. The first-order valence-electron chi connectivity index (χ1n) is 44.9. The monoisotopic (exact) mass is 1840 g/mol. The van der Waals surface area contributed by atoms with E-state index in [4.69, 9.17) is 79.7 Å². The first kappa shape index (κ1) is 83.0. The summed E-state index contributed by atoms with van der Waals surface area (Å²) in [6.07, 6.45) is 59.1. The lowest BCUT2D eigenvalue weighted by Crippen LogP contribution is -2.14. The first-order valence-corrected chi connectivity index (χ1v) is 44.9. The Bertz CT molecular complexity index is 8370. The molecule has 0 spiro atoms. The second kappa shape index (κ2) is 36.2. The number of hydrogen-bond donors (Lipinski definition) is 8. The number of aromatic amines is 8. The van der Waals surface area contributed by atoms with Crippen molar-refractivity contribution in [1.29, 1.82) is 0 Å². The maximum atomic E-state index is 4.82. The summed E-state index contributed by atoms with van der Waals surface area (Å²) in [4.78, 5) is 147. The predicted octanol–water partition coefficient (Wildman–Crippen LogP) is 18.5. The molecular formula is C108H68N34. The van der Waals surface area contributed by atoms with Crippen molar-refractivity contribution in [3.63, 3.8) is 0 Å². The van der Waals surface area contributed by atoms with Crippen LogP contribution in [0, 0.1) is 0 Å². The Morgan fingerprint density at radius 2 is 0.500 bits per heavy atom. The van der Waals surface area contributed by atoms with E-state index in [0.29, 0.717) is 115 Å². The Morgan fingerprint density at radius 3 is 0.873 bits per heavy atom. The smallest absolute Gasteiger partial charge is 0.166 e. The summed E-state index contributed by atoms with van der Waals surface area (Å²) in [5, 5.41) is 0. The van der Waals surface area contributed by atoms with E-state index < -0.39 is 0 Å². The van der Waals surface area contributed by atoms with Gasteiger partial charge in [-0.3, -0.25) is 39.9 Å². The van der Waals surface area contributed by atoms with Gasteiger partial charge in [0.2, 0.25) is 0 Å². The molecule has 0 fully saturated rings. The van der Waals surface area contributed by atoms with Gasteiger partial charge in [-0.2, -0.15) is 0 Å². The number of allylic oxidation sites excluding steroid dienone is 2. The van der Waals surface area contributed by atoms with Gasteiger partial charge in [0.25, 0.3) is 0 Å². The van der Waals surface area contributed by atoms with Crippen molar-refractivity contribution in [1.82, 2.24) is 169 Å². The molecule has 0 radical (unpaired) electrons. The minimum absolute atomic E-state index is 0.520. The lowest BCUT2D eigenvalue weighted by atomic mass is 10.0. The maximum Gasteiger partial charge on any atom is 0.166 e. The summed E-state index contributed by atoms with van der Waals surface area (Å²) in [7, 11) is 0. The van der Waals surface area contributed by atoms with Crippen LogP contribution >= 0.6 is 0 Å². The summed E-state index contributed by atoms with van der Waals surface area (Å²) < 4.78 is 0. The van der Waals surface area contributed by atoms with Gasteiger partial charge in [-0.15, -0.1) is 0 Å². The summed E-state index contributed by atoms with van der Waals surface area (Å²) in [6.45, 7) is 0. The van der Waals surface area contributed by atoms with Crippen LogP contribution in [0.2, 0.25) is 0 Å². The third-order valence-electron chi connectivity index (χ3n) is 23.5. The van der Waals surface area contributed by atoms with Crippen LogP contribution in [-0.4, -0.2) is 169 Å². The molecule has 142 heavy (non-hydrogen) atoms. The quantitative estimate of drug-likeness (QED) is 0.0766. The molecule has 0 unspecified atom stereocenters. The molecule has 0 aliphatic carbocycles. The molecule has 10 aliphatic rings. The fourth-order valence-corrected chi connectivity index (χ4v) is 17.2. The molecule has 8 N–H and O–H groups in total. The average molecular weight is 1840 g/mol. The molecule has 0 aromatic carbocycles. The Morgan fingerprint density at radius 1 is 0.183 bits per heavy atom. The fraction of sp³-hybridized carbons (Fsp3) is 0. The van der Waals surface area contributed by atoms with E-state index in [2.05, 4.69) is 89.7 Å². The lowest BCUT2D eigenvalue weighted by molar-refractivity contribution is 1.01. The second-order valence-electron chi connectivity index (χ2n) is 32.6. The maximum absolute atomic E-state index is 4.82. The van der Waals surface area contributed by atoms with Crippen molar-refractivity contribution >= 4 is 164 Å². The number of fused-ring (bicyclic) bond motifs is 38. The van der Waals surface area contributed by atoms with E-state index in [1.165, 1.54) is 0 Å². The number of H-pyrrole nitrogens is 8. The highest BCUT2D eigenvalue weighted by Gasteiger charge is 2.25. The molecule has 0 atom stereocenters. The van der Waals surface area contributed by atoms with Gasteiger partial charge in [0, 0.05) is 170 Å². The molecule has 34 heteroatoms. The first-order chi connectivity index (χ1) is 70.2. The number of hydrogen-bond acceptors (Lipinski definition) is 26. The summed E-state index contributed by atoms with van der Waals surface area (Å²) in [5.74, 6) is 6.95. The van der Waals surface area contributed by atoms with Crippen LogP contribution in [0.4, 0.5) is 0 Å². The lowest BCUT2D eigenvalue weighted by Gasteiger charge is -2.03. The number of aromatic nitrogens is 34. The van der Waals surface area contributed by atoms with E-state index in [-0.39, 0.29) is 0 Å². The van der Waals surface area contributed by atoms with E-state index in [9.17, 15) is 0 Å². The van der Waals surface area contributed by atoms with Gasteiger partial charge in [-0.1, -0.05) is 36.4 Å². The van der Waals surface area contributed by atoms with Crippen molar-refractivity contribution in [2.24, 2.45) is 0 Å². The van der Waals surface area contributed by atoms with E-state index in [1.54, 1.807) is 74.4 Å². The Kier molecular flexibility index (Phi) is 21.2. The molecule has 28 heterocycles. The minimum atomic E-state index is 0.520. The third kappa shape index (κ3) is 17.0. The fourth-order valence-electron chi connectivity index (χ4n) is 17.2. The number of pyridine rings is 8. The Labute approximate surface area is 802 Å². The van der Waals surface area contributed by atoms with Crippen LogP contribution < -0.4 is 11.0 Å². The molecule has 18 aromatic rings. The van der Waals surface area contributed by atoms with Crippen LogP contribution in [0.5, 0.6) is 0 Å². The van der Waals surface area contributed by atoms with Crippen molar-refractivity contribution in [3.05, 3.63) is 360 Å². The highest BCUT2D eigenvalue weighted by molar-refractivity contribution is 5.98. The molecule has 28 rings (SSSR count). The van der Waals surface area contributed by atoms with Crippen molar-refractivity contribution in [2.75, 3.05) is 0 Å². The zero-order chi connectivity index (χ0) is 94.2. The summed E-state index contributed by atoms with van der Waals surface area (Å²) in [6, 6.07) is 54.9. The number of rotatable bonds is 6. The molecule has 18 aromatic heterocycles. The molecule has 34 nitrogen and oxygen atoms in total. The number of nitrogens with one attached hydrogen (secondary N) is 8. The van der Waals surface area contributed by atoms with Gasteiger partial charge in [-0.05, 0) is 254 Å². The van der Waals surface area contributed by atoms with E-state index in [1.807, 2.05) is 292 Å². The van der Waals surface area contributed by atoms with Crippen molar-refractivity contribution < 1.29 is 0 Å². The highest BCUT2D eigenvalue weighted by Crippen LogP contribution is 2.39. The van der Waals surface area contributed by atoms with Crippen molar-refractivity contribution in [3.8, 4) is 113 Å². The van der Waals surface area contributed by atoms with Gasteiger partial charge in [0.15, 0.2) is 58.2 Å². The van der Waals surface area contributed by atoms with Gasteiger partial charge in [0.05, 0.1) is 62.1 Å². The Balaban J connectivity index is 0.0000000995. The average Bonchev–Trinajstić information content (AvgIpc) is 1.64. The zero-order valence-electron chi connectivity index (χ0n) is 74.3. The standard InChI is InChI=1S/3C28H18N8.C24H14N10/c1-5-23-31-19(1)27(17-9-13-29-14-10-17)20-2-6-25(32-20)36-26-8-4-22(34-26)28(18-11-15-30-16-12-18)21-3-7-24(33-21)35-23;1-3-17(15-29-13-1)27-19-5-9-23(31-19)35-25-11-7-21(33-25)28(18-4-2-14-30-16-18)22-8-12-26(34-22)36-24-10-6-20(27)32-24;1-3-15-29-17(5-1)27-19-7-11-23(31-19)35-25-13-9-21(33-25)28(18-6-2-4-16-30-18)22-10-14-26(34-22)36-24-12-8-20(27)32-24;1-3-17-27-18(4-1)30-22-14-8-10-26-12-16(14)24(34-22)32-20-6-2-5-19(28-20)31-23-15-11-25-9-7-13(15)21(29-17)33-23/h3*1-16H,(H,31,33,35)(H,32,34,36);1-12H,(H2,27,28,29,30,31,32,33,34). The van der Waals surface area contributed by atoms with Crippen LogP contribution in [0.15, 0.2) is 269 Å². The van der Waals surface area contributed by atoms with E-state index >= 15 is 0 Å². The second-order valence-corrected chi connectivity index (χ2v) is 32.6. The van der Waals surface area contributed by atoms with Crippen LogP contribution in [0.25, 0.3) is 277 Å². The van der Waals surface area contributed by atoms with Crippen LogP contribution in [-0.2, 0) is 0 Å². The zero-order valence-corrected chi connectivity index (χ0v) is 74.3. The van der Waals surface area contributed by atoms with Crippen LogP contribution in [0.3, 0.4) is 0 Å². The molecule has 10 aliphatic heterocycles. The molecule has 0 amide bonds. The van der Waals surface area contributed by atoms with Gasteiger partial charge in [0.1, 0.15) is 56.5 Å². The molecule has 0 saturated carbocycles. The third-order valence-corrected chi connectivity index (χ3v) is 23.5. The topological polar surface area (TPSA) is 461 Å². The highest BCUT2D eigenvalue weighted by atomic mass is 15.1. The molecule has 32 bridgehead atoms. The van der Waals surface area contributed by atoms with Gasteiger partial charge in [-0.25, -0.2) is 89.7 Å². The molecular weight excluding hydrogens is 1770 g/mol. The summed E-state index contributed by atoms with van der Waals surface area (Å²) in [5.41, 5.74) is 29.8.